The van der Waals surface area contributed by atoms with Crippen LogP contribution in [0, 0.1) is 0 Å². The van der Waals surface area contributed by atoms with E-state index < -0.39 is 0 Å². The molecule has 0 unspecified atom stereocenters. The summed E-state index contributed by atoms with van der Waals surface area (Å²) in [6.07, 6.45) is 0. The minimum absolute atomic E-state index is 1.09. The molecule has 0 amide bonds. The summed E-state index contributed by atoms with van der Waals surface area (Å²) in [5, 5.41) is 5.01. The van der Waals surface area contributed by atoms with E-state index >= 15 is 0 Å². The minimum atomic E-state index is 1.09. The van der Waals surface area contributed by atoms with Crippen molar-refractivity contribution in [1.82, 2.24) is 0 Å². The van der Waals surface area contributed by atoms with Crippen LogP contribution >= 0.6 is 0 Å². The third-order valence-electron chi connectivity index (χ3n) is 11.1. The smallest absolute Gasteiger partial charge is 0.0546 e. The fourth-order valence-corrected chi connectivity index (χ4v) is 8.26. The van der Waals surface area contributed by atoms with Crippen LogP contribution in [0.15, 0.2) is 237 Å². The van der Waals surface area contributed by atoms with Crippen molar-refractivity contribution in [2.24, 2.45) is 0 Å². The molecule has 10 rings (SSSR count). The quantitative estimate of drug-likeness (QED) is 0.141. The lowest BCUT2D eigenvalue weighted by Crippen LogP contribution is -2.13. The van der Waals surface area contributed by atoms with Crippen LogP contribution in [0.1, 0.15) is 0 Å². The molecule has 10 aromatic carbocycles. The molecule has 1 nitrogen and oxygen atoms in total. The Bertz CT molecular complexity index is 2970. The molecule has 0 aliphatic heterocycles. The van der Waals surface area contributed by atoms with Crippen molar-refractivity contribution in [2.75, 3.05) is 4.90 Å². The number of benzene rings is 10. The third-order valence-corrected chi connectivity index (χ3v) is 11.1. The van der Waals surface area contributed by atoms with Gasteiger partial charge in [-0.05, 0) is 102 Å². The second-order valence-corrected chi connectivity index (χ2v) is 14.5. The van der Waals surface area contributed by atoms with Gasteiger partial charge in [0.05, 0.1) is 11.4 Å². The van der Waals surface area contributed by atoms with Crippen LogP contribution < -0.4 is 4.90 Å². The maximum absolute atomic E-state index is 2.45. The molecule has 0 aliphatic carbocycles. The molecule has 268 valence electrons. The molecule has 0 saturated carbocycles. The molecule has 0 heterocycles. The highest BCUT2D eigenvalue weighted by Gasteiger charge is 2.23. The van der Waals surface area contributed by atoms with Crippen molar-refractivity contribution in [3.8, 4) is 55.6 Å². The summed E-state index contributed by atoms with van der Waals surface area (Å²) in [5.41, 5.74) is 15.1. The number of fused-ring (bicyclic) bond motifs is 3. The normalized spacial score (nSPS) is 11.2. The fraction of sp³-hybridized carbons (Fsp3) is 0. The molecule has 0 aromatic heterocycles. The summed E-state index contributed by atoms with van der Waals surface area (Å²) in [4.78, 5) is 2.45. The Hall–Kier alpha value is -7.48. The first-order valence-corrected chi connectivity index (χ1v) is 19.6. The van der Waals surface area contributed by atoms with Crippen LogP contribution in [-0.4, -0.2) is 0 Å². The van der Waals surface area contributed by atoms with E-state index in [0.29, 0.717) is 0 Å². The van der Waals surface area contributed by atoms with Gasteiger partial charge in [0, 0.05) is 16.8 Å². The molecule has 0 saturated heterocycles. The van der Waals surface area contributed by atoms with E-state index in [2.05, 4.69) is 241 Å². The van der Waals surface area contributed by atoms with Crippen molar-refractivity contribution in [3.05, 3.63) is 237 Å². The van der Waals surface area contributed by atoms with Crippen LogP contribution in [0.2, 0.25) is 0 Å². The molecule has 1 heteroatoms. The van der Waals surface area contributed by atoms with E-state index in [-0.39, 0.29) is 0 Å². The molecule has 0 N–H and O–H groups in total. The van der Waals surface area contributed by atoms with Gasteiger partial charge in [0.25, 0.3) is 0 Å². The van der Waals surface area contributed by atoms with Gasteiger partial charge in [-0.2, -0.15) is 0 Å². The van der Waals surface area contributed by atoms with E-state index in [0.717, 1.165) is 39.3 Å². The summed E-state index contributed by atoms with van der Waals surface area (Å²) < 4.78 is 0. The average molecular weight is 726 g/mol. The molecule has 0 radical (unpaired) electrons. The zero-order chi connectivity index (χ0) is 38.0. The van der Waals surface area contributed by atoms with Crippen LogP contribution in [0.4, 0.5) is 17.1 Å². The number of nitrogens with zero attached hydrogens (tertiary/aromatic N) is 1. The molecule has 57 heavy (non-hydrogen) atoms. The van der Waals surface area contributed by atoms with Gasteiger partial charge in [-0.25, -0.2) is 0 Å². The molecular formula is C56H39N. The zero-order valence-corrected chi connectivity index (χ0v) is 31.5. The maximum atomic E-state index is 2.45. The average Bonchev–Trinajstić information content (AvgIpc) is 3.30. The number of hydrogen-bond donors (Lipinski definition) is 0. The predicted molar refractivity (Wildman–Crippen MR) is 243 cm³/mol. The van der Waals surface area contributed by atoms with Crippen molar-refractivity contribution >= 4 is 38.6 Å². The summed E-state index contributed by atoms with van der Waals surface area (Å²) >= 11 is 0. The number of para-hydroxylation sites is 2. The largest absolute Gasteiger partial charge is 0.309 e. The molecule has 0 aliphatic rings. The van der Waals surface area contributed by atoms with Crippen molar-refractivity contribution in [2.45, 2.75) is 0 Å². The highest BCUT2D eigenvalue weighted by atomic mass is 15.1. The van der Waals surface area contributed by atoms with Gasteiger partial charge in [0.15, 0.2) is 0 Å². The lowest BCUT2D eigenvalue weighted by atomic mass is 9.87. The van der Waals surface area contributed by atoms with Gasteiger partial charge in [-0.3, -0.25) is 0 Å². The fourth-order valence-electron chi connectivity index (χ4n) is 8.26. The predicted octanol–water partition coefficient (Wildman–Crippen LogP) is 15.8. The summed E-state index contributed by atoms with van der Waals surface area (Å²) in [6, 6.07) is 85.8. The van der Waals surface area contributed by atoms with Gasteiger partial charge in [0.2, 0.25) is 0 Å². The number of rotatable bonds is 8. The third kappa shape index (κ3) is 6.56. The minimum Gasteiger partial charge on any atom is -0.309 e. The summed E-state index contributed by atoms with van der Waals surface area (Å²) in [5.74, 6) is 0. The lowest BCUT2D eigenvalue weighted by molar-refractivity contribution is 1.28. The topological polar surface area (TPSA) is 3.24 Å². The SMILES string of the molecule is c1ccc(-c2ccc(-c3ccccc3N(c3ccccc3)c3cc(-c4ccccc4)c(-c4ccc5ccc6ccccc6c5c4)cc3-c3ccccc3)cc2)cc1. The van der Waals surface area contributed by atoms with Gasteiger partial charge in [-0.15, -0.1) is 0 Å². The number of anilines is 3. The maximum Gasteiger partial charge on any atom is 0.0546 e. The first-order valence-electron chi connectivity index (χ1n) is 19.6. The Kier molecular flexibility index (Phi) is 8.95. The first kappa shape index (κ1) is 34.0. The standard InChI is InChI=1S/C56H39N/c1-5-17-40(18-6-1)41-29-31-45(32-30-41)50-27-15-16-28-55(50)57(48-24-11-4-12-25-48)56-39-53(42-19-7-2-8-20-42)52(38-54(56)43-21-9-3-10-22-43)47-36-35-46-34-33-44-23-13-14-26-49(44)51(46)37-47/h1-39H. The Labute approximate surface area is 334 Å². The molecule has 0 fully saturated rings. The highest BCUT2D eigenvalue weighted by molar-refractivity contribution is 6.09. The second kappa shape index (κ2) is 15.0. The van der Waals surface area contributed by atoms with Crippen molar-refractivity contribution < 1.29 is 0 Å². The molecule has 0 atom stereocenters. The van der Waals surface area contributed by atoms with E-state index in [4.69, 9.17) is 0 Å². The molecular weight excluding hydrogens is 687 g/mol. The van der Waals surface area contributed by atoms with E-state index in [1.165, 1.54) is 54.9 Å². The Morgan fingerprint density at radius 2 is 0.684 bits per heavy atom. The van der Waals surface area contributed by atoms with Crippen LogP contribution in [-0.2, 0) is 0 Å². The summed E-state index contributed by atoms with van der Waals surface area (Å²) in [7, 11) is 0. The Morgan fingerprint density at radius 3 is 1.39 bits per heavy atom. The van der Waals surface area contributed by atoms with Gasteiger partial charge >= 0.3 is 0 Å². The van der Waals surface area contributed by atoms with E-state index in [9.17, 15) is 0 Å². The van der Waals surface area contributed by atoms with Crippen LogP contribution in [0.5, 0.6) is 0 Å². The van der Waals surface area contributed by atoms with Gasteiger partial charge < -0.3 is 4.90 Å². The Balaban J connectivity index is 1.24. The summed E-state index contributed by atoms with van der Waals surface area (Å²) in [6.45, 7) is 0. The van der Waals surface area contributed by atoms with Crippen molar-refractivity contribution in [1.29, 1.82) is 0 Å². The monoisotopic (exact) mass is 725 g/mol. The van der Waals surface area contributed by atoms with E-state index in [1.54, 1.807) is 0 Å². The van der Waals surface area contributed by atoms with Crippen molar-refractivity contribution in [3.63, 3.8) is 0 Å². The first-order chi connectivity index (χ1) is 28.3. The number of hydrogen-bond acceptors (Lipinski definition) is 1. The molecule has 10 aromatic rings. The zero-order valence-electron chi connectivity index (χ0n) is 31.5. The molecule has 0 spiro atoms. The van der Waals surface area contributed by atoms with Crippen LogP contribution in [0.25, 0.3) is 77.2 Å². The Morgan fingerprint density at radius 1 is 0.228 bits per heavy atom. The van der Waals surface area contributed by atoms with Gasteiger partial charge in [-0.1, -0.05) is 200 Å². The lowest BCUT2D eigenvalue weighted by Gasteiger charge is -2.31. The second-order valence-electron chi connectivity index (χ2n) is 14.5. The highest BCUT2D eigenvalue weighted by Crippen LogP contribution is 2.49. The molecule has 0 bridgehead atoms. The van der Waals surface area contributed by atoms with E-state index in [1.807, 2.05) is 0 Å². The van der Waals surface area contributed by atoms with Crippen LogP contribution in [0.3, 0.4) is 0 Å². The van der Waals surface area contributed by atoms with Gasteiger partial charge in [0.1, 0.15) is 0 Å².